The molecular weight excluding hydrogens is 372 g/mol. The maximum Gasteiger partial charge on any atom is 0.198 e. The molecule has 0 radical (unpaired) electrons. The van der Waals surface area contributed by atoms with Crippen molar-refractivity contribution >= 4 is 52.8 Å². The van der Waals surface area contributed by atoms with E-state index >= 15 is 0 Å². The normalized spacial score (nSPS) is 10.7. The molecule has 2 aromatic carbocycles. The smallest absolute Gasteiger partial charge is 0.198 e. The number of allylic oxidation sites excluding steroid dienone is 2. The number of rotatable bonds is 7. The van der Waals surface area contributed by atoms with E-state index in [-0.39, 0.29) is 17.1 Å². The summed E-state index contributed by atoms with van der Waals surface area (Å²) in [6.45, 7) is 0. The van der Waals surface area contributed by atoms with Crippen LogP contribution in [-0.4, -0.2) is 24.1 Å². The molecule has 0 fully saturated rings. The highest BCUT2D eigenvalue weighted by molar-refractivity contribution is 8.21. The molecule has 0 unspecified atom stereocenters. The number of halogens is 1. The molecule has 0 aliphatic heterocycles. The highest BCUT2D eigenvalue weighted by atomic mass is 35.5. The quantitative estimate of drug-likeness (QED) is 0.262. The van der Waals surface area contributed by atoms with Crippen molar-refractivity contribution in [1.82, 2.24) is 0 Å². The van der Waals surface area contributed by atoms with Crippen LogP contribution < -0.4 is 0 Å². The zero-order valence-electron chi connectivity index (χ0n) is 13.9. The molecule has 2 rings (SSSR count). The van der Waals surface area contributed by atoms with Crippen molar-refractivity contribution in [1.29, 1.82) is 0 Å². The van der Waals surface area contributed by atoms with E-state index in [1.807, 2.05) is 30.7 Å². The molecule has 2 nitrogen and oxygen atoms in total. The van der Waals surface area contributed by atoms with Crippen LogP contribution in [0.1, 0.15) is 15.9 Å². The van der Waals surface area contributed by atoms with E-state index in [0.717, 1.165) is 5.56 Å². The molecule has 5 heteroatoms. The third kappa shape index (κ3) is 5.36. The van der Waals surface area contributed by atoms with Crippen LogP contribution in [0.25, 0.3) is 6.08 Å². The topological polar surface area (TPSA) is 34.1 Å². The van der Waals surface area contributed by atoms with Crippen molar-refractivity contribution in [3.05, 3.63) is 86.6 Å². The van der Waals surface area contributed by atoms with Crippen LogP contribution in [0.4, 0.5) is 0 Å². The Kier molecular flexibility index (Phi) is 7.56. The number of carbonyl (C=O) groups is 2. The van der Waals surface area contributed by atoms with Gasteiger partial charge in [0.2, 0.25) is 0 Å². The lowest BCUT2D eigenvalue weighted by Crippen LogP contribution is -2.13. The Morgan fingerprint density at radius 1 is 0.920 bits per heavy atom. The number of ketones is 2. The van der Waals surface area contributed by atoms with Crippen molar-refractivity contribution < 1.29 is 9.59 Å². The molecule has 0 aliphatic carbocycles. The van der Waals surface area contributed by atoms with Gasteiger partial charge in [-0.25, -0.2) is 0 Å². The molecule has 0 saturated heterocycles. The van der Waals surface area contributed by atoms with Crippen LogP contribution in [0.15, 0.2) is 70.5 Å². The van der Waals surface area contributed by atoms with Gasteiger partial charge in [0.15, 0.2) is 11.6 Å². The lowest BCUT2D eigenvalue weighted by atomic mass is 10.0. The minimum Gasteiger partial charge on any atom is -0.289 e. The molecule has 0 spiro atoms. The van der Waals surface area contributed by atoms with E-state index in [1.165, 1.54) is 29.6 Å². The van der Waals surface area contributed by atoms with Crippen LogP contribution in [0, 0.1) is 0 Å². The summed E-state index contributed by atoms with van der Waals surface area (Å²) in [7, 11) is 0. The van der Waals surface area contributed by atoms with Crippen molar-refractivity contribution in [2.24, 2.45) is 0 Å². The van der Waals surface area contributed by atoms with E-state index < -0.39 is 0 Å². The van der Waals surface area contributed by atoms with Gasteiger partial charge in [-0.1, -0.05) is 60.1 Å². The highest BCUT2D eigenvalue weighted by Crippen LogP contribution is 2.30. The zero-order valence-corrected chi connectivity index (χ0v) is 16.3. The van der Waals surface area contributed by atoms with E-state index in [1.54, 1.807) is 42.5 Å². The molecule has 128 valence electrons. The van der Waals surface area contributed by atoms with Gasteiger partial charge in [0.05, 0.1) is 9.81 Å². The van der Waals surface area contributed by atoms with E-state index in [4.69, 9.17) is 11.6 Å². The van der Waals surface area contributed by atoms with Crippen LogP contribution in [0.3, 0.4) is 0 Å². The lowest BCUT2D eigenvalue weighted by molar-refractivity contribution is -0.111. The number of thioether (sulfide) groups is 2. The van der Waals surface area contributed by atoms with Gasteiger partial charge < -0.3 is 0 Å². The van der Waals surface area contributed by atoms with Crippen molar-refractivity contribution in [3.8, 4) is 0 Å². The van der Waals surface area contributed by atoms with Crippen LogP contribution in [0.5, 0.6) is 0 Å². The van der Waals surface area contributed by atoms with Gasteiger partial charge in [-0.05, 0) is 36.3 Å². The summed E-state index contributed by atoms with van der Waals surface area (Å²) in [6, 6.07) is 16.0. The van der Waals surface area contributed by atoms with Crippen LogP contribution in [-0.2, 0) is 4.79 Å². The monoisotopic (exact) mass is 388 g/mol. The summed E-state index contributed by atoms with van der Waals surface area (Å²) in [4.78, 5) is 25.6. The molecule has 0 atom stereocenters. The minimum absolute atomic E-state index is 0.205. The molecular formula is C20H17ClO2S2. The van der Waals surface area contributed by atoms with Crippen molar-refractivity contribution in [2.75, 3.05) is 12.5 Å². The Labute approximate surface area is 161 Å². The second-order valence-corrected chi connectivity index (χ2v) is 7.34. The number of carbonyl (C=O) groups excluding carboxylic acids is 2. The van der Waals surface area contributed by atoms with Gasteiger partial charge in [-0.15, -0.1) is 23.5 Å². The van der Waals surface area contributed by atoms with Gasteiger partial charge in [0.1, 0.15) is 0 Å². The SMILES string of the molecule is CSC(SC)=C(C(=O)/C=C/c1ccc(Cl)cc1)C(=O)c1ccccc1. The van der Waals surface area contributed by atoms with Gasteiger partial charge in [0, 0.05) is 10.6 Å². The Bertz CT molecular complexity index is 803. The zero-order chi connectivity index (χ0) is 18.2. The van der Waals surface area contributed by atoms with Crippen molar-refractivity contribution in [3.63, 3.8) is 0 Å². The summed E-state index contributed by atoms with van der Waals surface area (Å²) in [5, 5.41) is 0.635. The molecule has 0 amide bonds. The van der Waals surface area contributed by atoms with Gasteiger partial charge in [0.25, 0.3) is 0 Å². The average Bonchev–Trinajstić information content (AvgIpc) is 2.65. The third-order valence-electron chi connectivity index (χ3n) is 3.38. The molecule has 0 bridgehead atoms. The lowest BCUT2D eigenvalue weighted by Gasteiger charge is -2.09. The Morgan fingerprint density at radius 3 is 2.08 bits per heavy atom. The molecule has 0 aliphatic rings. The number of benzene rings is 2. The summed E-state index contributed by atoms with van der Waals surface area (Å²) in [5.41, 5.74) is 1.56. The first kappa shape index (κ1) is 19.6. The van der Waals surface area contributed by atoms with E-state index in [2.05, 4.69) is 0 Å². The molecule has 0 heterocycles. The first-order chi connectivity index (χ1) is 12.1. The van der Waals surface area contributed by atoms with Gasteiger partial charge in [-0.3, -0.25) is 9.59 Å². The molecule has 2 aromatic rings. The Morgan fingerprint density at radius 2 is 1.52 bits per heavy atom. The predicted molar refractivity (Wildman–Crippen MR) is 110 cm³/mol. The first-order valence-electron chi connectivity index (χ1n) is 7.46. The molecule has 0 saturated carbocycles. The fourth-order valence-corrected chi connectivity index (χ4v) is 3.74. The molecule has 25 heavy (non-hydrogen) atoms. The first-order valence-corrected chi connectivity index (χ1v) is 10.3. The highest BCUT2D eigenvalue weighted by Gasteiger charge is 2.22. The van der Waals surface area contributed by atoms with Crippen LogP contribution >= 0.6 is 35.1 Å². The number of hydrogen-bond donors (Lipinski definition) is 0. The predicted octanol–water partition coefficient (Wildman–Crippen LogP) is 5.74. The summed E-state index contributed by atoms with van der Waals surface area (Å²) >= 11 is 8.67. The Balaban J connectivity index is 2.36. The second kappa shape index (κ2) is 9.66. The summed E-state index contributed by atoms with van der Waals surface area (Å²) in [5.74, 6) is -0.562. The van der Waals surface area contributed by atoms with E-state index in [9.17, 15) is 9.59 Å². The van der Waals surface area contributed by atoms with Crippen molar-refractivity contribution in [2.45, 2.75) is 0 Å². The number of hydrogen-bond acceptors (Lipinski definition) is 4. The average molecular weight is 389 g/mol. The summed E-state index contributed by atoms with van der Waals surface area (Å²) < 4.78 is 0.708. The van der Waals surface area contributed by atoms with Crippen LogP contribution in [0.2, 0.25) is 5.02 Å². The fraction of sp³-hybridized carbons (Fsp3) is 0.100. The maximum absolute atomic E-state index is 12.8. The number of Topliss-reactive ketones (excluding diaryl/α,β-unsaturated/α-hetero) is 1. The van der Waals surface area contributed by atoms with E-state index in [0.29, 0.717) is 14.8 Å². The minimum atomic E-state index is -0.303. The fourth-order valence-electron chi connectivity index (χ4n) is 2.16. The third-order valence-corrected chi connectivity index (χ3v) is 5.78. The maximum atomic E-state index is 12.8. The molecule has 0 aromatic heterocycles. The Hall–Kier alpha value is -1.75. The second-order valence-electron chi connectivity index (χ2n) is 5.01. The van der Waals surface area contributed by atoms with Gasteiger partial charge >= 0.3 is 0 Å². The summed E-state index contributed by atoms with van der Waals surface area (Å²) in [6.07, 6.45) is 6.85. The standard InChI is InChI=1S/C20H17ClO2S2/c1-24-20(25-2)18(19(23)15-6-4-3-5-7-15)17(22)13-10-14-8-11-16(21)12-9-14/h3-13H,1-2H3/b13-10+. The largest absolute Gasteiger partial charge is 0.289 e. The van der Waals surface area contributed by atoms with Gasteiger partial charge in [-0.2, -0.15) is 0 Å². The molecule has 0 N–H and O–H groups in total.